The van der Waals surface area contributed by atoms with E-state index >= 15 is 0 Å². The molecule has 2 aromatic carbocycles. The van der Waals surface area contributed by atoms with Crippen LogP contribution >= 0.6 is 27.5 Å². The fourth-order valence-corrected chi connectivity index (χ4v) is 2.09. The van der Waals surface area contributed by atoms with E-state index in [1.54, 1.807) is 0 Å². The van der Waals surface area contributed by atoms with Gasteiger partial charge in [-0.05, 0) is 51.8 Å². The van der Waals surface area contributed by atoms with E-state index in [0.29, 0.717) is 17.1 Å². The molecule has 0 aliphatic heterocycles. The number of nitrogens with one attached hydrogen (secondary N) is 1. The van der Waals surface area contributed by atoms with Crippen LogP contribution in [0.5, 0.6) is 0 Å². The van der Waals surface area contributed by atoms with Gasteiger partial charge < -0.3 is 5.32 Å². The summed E-state index contributed by atoms with van der Waals surface area (Å²) < 4.78 is 0.973. The van der Waals surface area contributed by atoms with Gasteiger partial charge in [-0.2, -0.15) is 5.26 Å². The fourth-order valence-electron chi connectivity index (χ4n) is 1.53. The van der Waals surface area contributed by atoms with Crippen LogP contribution in [-0.2, 0) is 6.54 Å². The minimum Gasteiger partial charge on any atom is -0.380 e. The number of hydrogen-bond donors (Lipinski definition) is 1. The van der Waals surface area contributed by atoms with E-state index in [1.165, 1.54) is 0 Å². The van der Waals surface area contributed by atoms with Gasteiger partial charge in [0.2, 0.25) is 0 Å². The zero-order valence-electron chi connectivity index (χ0n) is 9.45. The molecule has 0 saturated heterocycles. The molecule has 0 saturated carbocycles. The SMILES string of the molecule is N#Cc1ccc(CNc2cc(Cl)ccc2Br)cc1. The Kier molecular flexibility index (Phi) is 4.24. The summed E-state index contributed by atoms with van der Waals surface area (Å²) in [5.74, 6) is 0. The van der Waals surface area contributed by atoms with E-state index in [4.69, 9.17) is 16.9 Å². The van der Waals surface area contributed by atoms with Gasteiger partial charge in [0.25, 0.3) is 0 Å². The monoisotopic (exact) mass is 320 g/mol. The Bertz CT molecular complexity index is 588. The first-order valence-electron chi connectivity index (χ1n) is 5.37. The lowest BCUT2D eigenvalue weighted by atomic mass is 10.1. The number of nitriles is 1. The van der Waals surface area contributed by atoms with Gasteiger partial charge >= 0.3 is 0 Å². The quantitative estimate of drug-likeness (QED) is 0.897. The van der Waals surface area contributed by atoms with Crippen molar-refractivity contribution in [1.82, 2.24) is 0 Å². The van der Waals surface area contributed by atoms with Crippen LogP contribution in [0.3, 0.4) is 0 Å². The molecule has 0 amide bonds. The topological polar surface area (TPSA) is 35.8 Å². The largest absolute Gasteiger partial charge is 0.380 e. The predicted molar refractivity (Wildman–Crippen MR) is 77.6 cm³/mol. The van der Waals surface area contributed by atoms with Gasteiger partial charge in [0, 0.05) is 16.0 Å². The van der Waals surface area contributed by atoms with Gasteiger partial charge in [-0.15, -0.1) is 0 Å². The van der Waals surface area contributed by atoms with Crippen molar-refractivity contribution in [2.45, 2.75) is 6.54 Å². The van der Waals surface area contributed by atoms with Crippen molar-refractivity contribution in [3.05, 3.63) is 63.1 Å². The van der Waals surface area contributed by atoms with Crippen molar-refractivity contribution in [3.8, 4) is 6.07 Å². The highest BCUT2D eigenvalue weighted by Gasteiger charge is 2.01. The van der Waals surface area contributed by atoms with Gasteiger partial charge in [-0.3, -0.25) is 0 Å². The Balaban J connectivity index is 2.07. The van der Waals surface area contributed by atoms with E-state index in [0.717, 1.165) is 15.7 Å². The minimum absolute atomic E-state index is 0.669. The Morgan fingerprint density at radius 2 is 1.89 bits per heavy atom. The summed E-state index contributed by atoms with van der Waals surface area (Å²) >= 11 is 9.40. The number of nitrogens with zero attached hydrogens (tertiary/aromatic N) is 1. The van der Waals surface area contributed by atoms with E-state index in [1.807, 2.05) is 42.5 Å². The second kappa shape index (κ2) is 5.90. The number of hydrogen-bond acceptors (Lipinski definition) is 2. The summed E-state index contributed by atoms with van der Waals surface area (Å²) in [6, 6.07) is 15.2. The molecule has 18 heavy (non-hydrogen) atoms. The zero-order chi connectivity index (χ0) is 13.0. The highest BCUT2D eigenvalue weighted by atomic mass is 79.9. The molecule has 90 valence electrons. The summed E-state index contributed by atoms with van der Waals surface area (Å²) in [5, 5.41) is 12.7. The average molecular weight is 322 g/mol. The van der Waals surface area contributed by atoms with Gasteiger partial charge in [0.1, 0.15) is 0 Å². The maximum absolute atomic E-state index is 8.72. The Hall–Kier alpha value is -1.50. The highest BCUT2D eigenvalue weighted by molar-refractivity contribution is 9.10. The normalized spacial score (nSPS) is 9.83. The van der Waals surface area contributed by atoms with E-state index < -0.39 is 0 Å². The van der Waals surface area contributed by atoms with Crippen LogP contribution in [0.15, 0.2) is 46.9 Å². The van der Waals surface area contributed by atoms with Crippen LogP contribution < -0.4 is 5.32 Å². The van der Waals surface area contributed by atoms with Crippen LogP contribution in [0.2, 0.25) is 5.02 Å². The number of anilines is 1. The van der Waals surface area contributed by atoms with Crippen molar-refractivity contribution in [1.29, 1.82) is 5.26 Å². The molecule has 0 bridgehead atoms. The molecule has 0 aliphatic carbocycles. The van der Waals surface area contributed by atoms with E-state index in [9.17, 15) is 0 Å². The third-order valence-electron chi connectivity index (χ3n) is 2.49. The first kappa shape index (κ1) is 12.9. The van der Waals surface area contributed by atoms with Crippen LogP contribution in [0.25, 0.3) is 0 Å². The van der Waals surface area contributed by atoms with Gasteiger partial charge in [0.05, 0.1) is 17.3 Å². The molecule has 0 fully saturated rings. The van der Waals surface area contributed by atoms with Crippen LogP contribution in [-0.4, -0.2) is 0 Å². The Morgan fingerprint density at radius 1 is 1.17 bits per heavy atom. The summed E-state index contributed by atoms with van der Waals surface area (Å²) in [6.07, 6.45) is 0. The molecule has 0 atom stereocenters. The van der Waals surface area contributed by atoms with Gasteiger partial charge in [0.15, 0.2) is 0 Å². The third-order valence-corrected chi connectivity index (χ3v) is 3.42. The van der Waals surface area contributed by atoms with Gasteiger partial charge in [-0.1, -0.05) is 23.7 Å². The Labute approximate surface area is 119 Å². The molecule has 0 radical (unpaired) electrons. The summed E-state index contributed by atoms with van der Waals surface area (Å²) in [5.41, 5.74) is 2.73. The molecular formula is C14H10BrClN2. The number of rotatable bonds is 3. The first-order chi connectivity index (χ1) is 8.69. The maximum Gasteiger partial charge on any atom is 0.0991 e. The second-order valence-corrected chi connectivity index (χ2v) is 5.08. The van der Waals surface area contributed by atoms with Crippen LogP contribution in [0.4, 0.5) is 5.69 Å². The van der Waals surface area contributed by atoms with Crippen molar-refractivity contribution in [2.75, 3.05) is 5.32 Å². The van der Waals surface area contributed by atoms with Crippen LogP contribution in [0, 0.1) is 11.3 Å². The van der Waals surface area contributed by atoms with Crippen molar-refractivity contribution in [2.24, 2.45) is 0 Å². The molecule has 0 aliphatic rings. The standard InChI is InChI=1S/C14H10BrClN2/c15-13-6-5-12(16)7-14(13)18-9-11-3-1-10(8-17)2-4-11/h1-7,18H,9H2. The minimum atomic E-state index is 0.669. The number of benzene rings is 2. The molecule has 0 spiro atoms. The molecule has 2 nitrogen and oxygen atoms in total. The molecule has 1 N–H and O–H groups in total. The average Bonchev–Trinajstić information content (AvgIpc) is 2.40. The first-order valence-corrected chi connectivity index (χ1v) is 6.54. The molecule has 2 rings (SSSR count). The summed E-state index contributed by atoms with van der Waals surface area (Å²) in [4.78, 5) is 0. The van der Waals surface area contributed by atoms with Crippen molar-refractivity contribution in [3.63, 3.8) is 0 Å². The third kappa shape index (κ3) is 3.25. The fraction of sp³-hybridized carbons (Fsp3) is 0.0714. The van der Waals surface area contributed by atoms with Gasteiger partial charge in [-0.25, -0.2) is 0 Å². The molecule has 0 aromatic heterocycles. The van der Waals surface area contributed by atoms with Crippen LogP contribution in [0.1, 0.15) is 11.1 Å². The molecular weight excluding hydrogens is 312 g/mol. The van der Waals surface area contributed by atoms with E-state index in [-0.39, 0.29) is 0 Å². The lowest BCUT2D eigenvalue weighted by Gasteiger charge is -2.09. The lowest BCUT2D eigenvalue weighted by Crippen LogP contribution is -1.99. The highest BCUT2D eigenvalue weighted by Crippen LogP contribution is 2.26. The lowest BCUT2D eigenvalue weighted by molar-refractivity contribution is 1.14. The number of halogens is 2. The molecule has 4 heteroatoms. The smallest absolute Gasteiger partial charge is 0.0991 e. The molecule has 0 unspecified atom stereocenters. The second-order valence-electron chi connectivity index (χ2n) is 3.79. The summed E-state index contributed by atoms with van der Waals surface area (Å²) in [7, 11) is 0. The Morgan fingerprint density at radius 3 is 2.56 bits per heavy atom. The van der Waals surface area contributed by atoms with E-state index in [2.05, 4.69) is 27.3 Å². The predicted octanol–water partition coefficient (Wildman–Crippen LogP) is 4.59. The van der Waals surface area contributed by atoms with Crippen molar-refractivity contribution >= 4 is 33.2 Å². The zero-order valence-corrected chi connectivity index (χ0v) is 11.8. The summed E-state index contributed by atoms with van der Waals surface area (Å²) in [6.45, 7) is 0.685. The molecule has 0 heterocycles. The molecule has 2 aromatic rings. The maximum atomic E-state index is 8.72. The van der Waals surface area contributed by atoms with Crippen molar-refractivity contribution < 1.29 is 0 Å².